The number of urea groups is 1. The minimum absolute atomic E-state index is 0.104. The summed E-state index contributed by atoms with van der Waals surface area (Å²) in [6.45, 7) is 5.02. The molecule has 0 unspecified atom stereocenters. The highest BCUT2D eigenvalue weighted by Gasteiger charge is 2.21. The number of benzene rings is 1. The zero-order valence-corrected chi connectivity index (χ0v) is 11.1. The molecule has 5 heteroatoms. The Bertz CT molecular complexity index is 533. The van der Waals surface area contributed by atoms with Gasteiger partial charge in [-0.15, -0.1) is 0 Å². The van der Waals surface area contributed by atoms with Gasteiger partial charge < -0.3 is 10.6 Å². The van der Waals surface area contributed by atoms with Crippen LogP contribution in [0.4, 0.5) is 16.2 Å². The molecule has 19 heavy (non-hydrogen) atoms. The monoisotopic (exact) mass is 259 g/mol. The third-order valence-electron chi connectivity index (χ3n) is 2.70. The lowest BCUT2D eigenvalue weighted by atomic mass is 10.2. The quantitative estimate of drug-likeness (QED) is 0.817. The fourth-order valence-corrected chi connectivity index (χ4v) is 1.91. The van der Waals surface area contributed by atoms with Gasteiger partial charge in [-0.25, -0.2) is 4.79 Å². The smallest absolute Gasteiger partial charge is 0.321 e. The molecule has 2 rings (SSSR count). The predicted molar refractivity (Wildman–Crippen MR) is 75.2 cm³/mol. The second-order valence-corrected chi connectivity index (χ2v) is 4.64. The molecule has 0 atom stereocenters. The Hall–Kier alpha value is -2.30. The van der Waals surface area contributed by atoms with Gasteiger partial charge in [0.1, 0.15) is 0 Å². The number of carbonyl (C=O) groups is 2. The molecule has 1 aliphatic rings. The van der Waals surface area contributed by atoms with E-state index in [1.807, 2.05) is 26.0 Å². The van der Waals surface area contributed by atoms with E-state index in [9.17, 15) is 9.59 Å². The van der Waals surface area contributed by atoms with Crippen molar-refractivity contribution in [3.63, 3.8) is 0 Å². The SMILES string of the molecule is CC(C)=CC(=O)Nc1cccc(N2CCNC2=O)c1. The predicted octanol–water partition coefficient (Wildman–Crippen LogP) is 2.12. The summed E-state index contributed by atoms with van der Waals surface area (Å²) in [6, 6.07) is 7.16. The summed E-state index contributed by atoms with van der Waals surface area (Å²) in [4.78, 5) is 24.9. The van der Waals surface area contributed by atoms with Crippen LogP contribution in [0.15, 0.2) is 35.9 Å². The number of allylic oxidation sites excluding steroid dienone is 1. The molecule has 1 aliphatic heterocycles. The molecule has 0 spiro atoms. The second-order valence-electron chi connectivity index (χ2n) is 4.64. The maximum atomic E-state index is 11.6. The van der Waals surface area contributed by atoms with Crippen LogP contribution < -0.4 is 15.5 Å². The number of nitrogens with one attached hydrogen (secondary N) is 2. The topological polar surface area (TPSA) is 61.4 Å². The van der Waals surface area contributed by atoms with Crippen molar-refractivity contribution in [3.8, 4) is 0 Å². The summed E-state index contributed by atoms with van der Waals surface area (Å²) in [6.07, 6.45) is 1.54. The van der Waals surface area contributed by atoms with Crippen LogP contribution in [0.25, 0.3) is 0 Å². The fourth-order valence-electron chi connectivity index (χ4n) is 1.91. The molecule has 1 saturated heterocycles. The standard InChI is InChI=1S/C14H17N3O2/c1-10(2)8-13(18)16-11-4-3-5-12(9-11)17-7-6-15-14(17)19/h3-5,8-9H,6-7H2,1-2H3,(H,15,19)(H,16,18). The first-order valence-corrected chi connectivity index (χ1v) is 6.17. The highest BCUT2D eigenvalue weighted by Crippen LogP contribution is 2.21. The Morgan fingerprint density at radius 3 is 2.84 bits per heavy atom. The first-order chi connectivity index (χ1) is 9.06. The molecule has 0 aliphatic carbocycles. The summed E-state index contributed by atoms with van der Waals surface area (Å²) in [7, 11) is 0. The Morgan fingerprint density at radius 2 is 2.21 bits per heavy atom. The number of hydrogen-bond acceptors (Lipinski definition) is 2. The largest absolute Gasteiger partial charge is 0.336 e. The normalized spacial score (nSPS) is 14.0. The molecular formula is C14H17N3O2. The van der Waals surface area contributed by atoms with Crippen LogP contribution in [-0.4, -0.2) is 25.0 Å². The first-order valence-electron chi connectivity index (χ1n) is 6.17. The van der Waals surface area contributed by atoms with Crippen LogP contribution >= 0.6 is 0 Å². The summed E-state index contributed by atoms with van der Waals surface area (Å²) >= 11 is 0. The molecule has 0 saturated carbocycles. The first kappa shape index (κ1) is 13.1. The molecule has 1 fully saturated rings. The van der Waals surface area contributed by atoms with Gasteiger partial charge in [-0.2, -0.15) is 0 Å². The van der Waals surface area contributed by atoms with E-state index >= 15 is 0 Å². The molecule has 3 amide bonds. The van der Waals surface area contributed by atoms with E-state index in [0.717, 1.165) is 11.3 Å². The van der Waals surface area contributed by atoms with Crippen molar-refractivity contribution in [2.75, 3.05) is 23.3 Å². The molecule has 0 aromatic heterocycles. The van der Waals surface area contributed by atoms with Gasteiger partial charge in [0.25, 0.3) is 0 Å². The van der Waals surface area contributed by atoms with Crippen molar-refractivity contribution in [2.45, 2.75) is 13.8 Å². The highest BCUT2D eigenvalue weighted by molar-refractivity contribution is 6.00. The number of carbonyl (C=O) groups excluding carboxylic acids is 2. The van der Waals surface area contributed by atoms with Gasteiger partial charge in [-0.1, -0.05) is 11.6 Å². The summed E-state index contributed by atoms with van der Waals surface area (Å²) in [5.74, 6) is -0.164. The third-order valence-corrected chi connectivity index (χ3v) is 2.70. The Kier molecular flexibility index (Phi) is 3.85. The Balaban J connectivity index is 2.13. The van der Waals surface area contributed by atoms with E-state index < -0.39 is 0 Å². The maximum absolute atomic E-state index is 11.6. The summed E-state index contributed by atoms with van der Waals surface area (Å²) < 4.78 is 0. The van der Waals surface area contributed by atoms with Crippen molar-refractivity contribution >= 4 is 23.3 Å². The van der Waals surface area contributed by atoms with E-state index in [0.29, 0.717) is 18.8 Å². The minimum Gasteiger partial charge on any atom is -0.336 e. The van der Waals surface area contributed by atoms with Crippen LogP contribution in [0, 0.1) is 0 Å². The van der Waals surface area contributed by atoms with Crippen LogP contribution in [0.1, 0.15) is 13.8 Å². The van der Waals surface area contributed by atoms with Crippen LogP contribution in [0.3, 0.4) is 0 Å². The molecular weight excluding hydrogens is 242 g/mol. The van der Waals surface area contributed by atoms with Gasteiger partial charge in [0.2, 0.25) is 5.91 Å². The molecule has 1 heterocycles. The summed E-state index contributed by atoms with van der Waals surface area (Å²) in [5, 5.41) is 5.52. The lowest BCUT2D eigenvalue weighted by molar-refractivity contribution is -0.111. The van der Waals surface area contributed by atoms with E-state index in [1.54, 1.807) is 17.0 Å². The van der Waals surface area contributed by atoms with Crippen molar-refractivity contribution in [2.24, 2.45) is 0 Å². The molecule has 0 bridgehead atoms. The molecule has 2 N–H and O–H groups in total. The molecule has 1 aromatic carbocycles. The molecule has 1 aromatic rings. The van der Waals surface area contributed by atoms with E-state index in [4.69, 9.17) is 0 Å². The molecule has 5 nitrogen and oxygen atoms in total. The number of nitrogens with zero attached hydrogens (tertiary/aromatic N) is 1. The Morgan fingerprint density at radius 1 is 1.42 bits per heavy atom. The van der Waals surface area contributed by atoms with Crippen LogP contribution in [0.5, 0.6) is 0 Å². The van der Waals surface area contributed by atoms with Crippen LogP contribution in [0.2, 0.25) is 0 Å². The fraction of sp³-hybridized carbons (Fsp3) is 0.286. The van der Waals surface area contributed by atoms with E-state index in [2.05, 4.69) is 10.6 Å². The lowest BCUT2D eigenvalue weighted by Crippen LogP contribution is -2.27. The maximum Gasteiger partial charge on any atom is 0.321 e. The second kappa shape index (κ2) is 5.56. The minimum atomic E-state index is -0.164. The Labute approximate surface area is 112 Å². The van der Waals surface area contributed by atoms with Crippen molar-refractivity contribution < 1.29 is 9.59 Å². The third kappa shape index (κ3) is 3.34. The van der Waals surface area contributed by atoms with Gasteiger partial charge in [-0.05, 0) is 32.0 Å². The average molecular weight is 259 g/mol. The highest BCUT2D eigenvalue weighted by atomic mass is 16.2. The molecule has 0 radical (unpaired) electrons. The van der Waals surface area contributed by atoms with Gasteiger partial charge >= 0.3 is 6.03 Å². The zero-order chi connectivity index (χ0) is 13.8. The average Bonchev–Trinajstić information content (AvgIpc) is 2.74. The van der Waals surface area contributed by atoms with Gasteiger partial charge in [0, 0.05) is 30.5 Å². The number of hydrogen-bond donors (Lipinski definition) is 2. The number of amides is 3. The van der Waals surface area contributed by atoms with Crippen molar-refractivity contribution in [3.05, 3.63) is 35.9 Å². The van der Waals surface area contributed by atoms with Gasteiger partial charge in [-0.3, -0.25) is 9.69 Å². The zero-order valence-electron chi connectivity index (χ0n) is 11.1. The van der Waals surface area contributed by atoms with E-state index in [-0.39, 0.29) is 11.9 Å². The van der Waals surface area contributed by atoms with Crippen LogP contribution in [-0.2, 0) is 4.79 Å². The van der Waals surface area contributed by atoms with Crippen molar-refractivity contribution in [1.82, 2.24) is 5.32 Å². The summed E-state index contributed by atoms with van der Waals surface area (Å²) in [5.41, 5.74) is 2.40. The van der Waals surface area contributed by atoms with Gasteiger partial charge in [0.15, 0.2) is 0 Å². The number of anilines is 2. The van der Waals surface area contributed by atoms with E-state index in [1.165, 1.54) is 6.08 Å². The van der Waals surface area contributed by atoms with Gasteiger partial charge in [0.05, 0.1) is 0 Å². The molecule has 100 valence electrons. The number of rotatable bonds is 3. The lowest BCUT2D eigenvalue weighted by Gasteiger charge is -2.15. The van der Waals surface area contributed by atoms with Crippen molar-refractivity contribution in [1.29, 1.82) is 0 Å².